The Kier molecular flexibility index (Phi) is 6.93. The number of halogens is 3. The Morgan fingerprint density at radius 2 is 1.72 bits per heavy atom. The predicted octanol–water partition coefficient (Wildman–Crippen LogP) is 4.60. The first-order chi connectivity index (χ1) is 11.9. The van der Waals surface area contributed by atoms with Crippen LogP contribution < -0.4 is 10.1 Å². The first-order valence-corrected chi connectivity index (χ1v) is 8.33. The van der Waals surface area contributed by atoms with Gasteiger partial charge in [-0.25, -0.2) is 4.79 Å². The fourth-order valence-electron chi connectivity index (χ4n) is 1.83. The van der Waals surface area contributed by atoms with Crippen LogP contribution in [0.1, 0.15) is 6.92 Å². The number of anilines is 1. The van der Waals surface area contributed by atoms with Crippen LogP contribution in [0.2, 0.25) is 15.1 Å². The van der Waals surface area contributed by atoms with Crippen LogP contribution in [0.25, 0.3) is 0 Å². The molecule has 0 aliphatic carbocycles. The molecule has 8 heteroatoms. The highest BCUT2D eigenvalue weighted by molar-refractivity contribution is 6.39. The minimum atomic E-state index is -1.05. The second kappa shape index (κ2) is 8.94. The lowest BCUT2D eigenvalue weighted by Crippen LogP contribution is -2.31. The third-order valence-electron chi connectivity index (χ3n) is 3.04. The van der Waals surface area contributed by atoms with Gasteiger partial charge in [-0.15, -0.1) is 0 Å². The second-order valence-electron chi connectivity index (χ2n) is 4.96. The number of rotatable bonds is 6. The van der Waals surface area contributed by atoms with E-state index in [4.69, 9.17) is 44.3 Å². The van der Waals surface area contributed by atoms with Gasteiger partial charge >= 0.3 is 5.97 Å². The van der Waals surface area contributed by atoms with Gasteiger partial charge in [0.2, 0.25) is 0 Å². The summed E-state index contributed by atoms with van der Waals surface area (Å²) in [5.74, 6) is -0.844. The molecule has 25 heavy (non-hydrogen) atoms. The van der Waals surface area contributed by atoms with Gasteiger partial charge in [-0.05, 0) is 37.3 Å². The van der Waals surface area contributed by atoms with Crippen molar-refractivity contribution < 1.29 is 19.1 Å². The van der Waals surface area contributed by atoms with Crippen molar-refractivity contribution in [3.63, 3.8) is 0 Å². The monoisotopic (exact) mass is 401 g/mol. The third-order valence-corrected chi connectivity index (χ3v) is 3.91. The van der Waals surface area contributed by atoms with Crippen LogP contribution in [0.3, 0.4) is 0 Å². The second-order valence-corrected chi connectivity index (χ2v) is 6.21. The summed E-state index contributed by atoms with van der Waals surface area (Å²) in [4.78, 5) is 23.9. The number of ether oxygens (including phenoxy) is 2. The SMILES string of the molecule is C[C@H](OC(=O)COc1cccc(Cl)c1)C(=O)Nc1c(Cl)cccc1Cl. The van der Waals surface area contributed by atoms with E-state index in [-0.39, 0.29) is 22.3 Å². The summed E-state index contributed by atoms with van der Waals surface area (Å²) in [5.41, 5.74) is 0.258. The lowest BCUT2D eigenvalue weighted by atomic mass is 10.3. The van der Waals surface area contributed by atoms with Gasteiger partial charge in [-0.2, -0.15) is 0 Å². The number of benzene rings is 2. The zero-order valence-corrected chi connectivity index (χ0v) is 15.4. The van der Waals surface area contributed by atoms with Gasteiger partial charge in [0.05, 0.1) is 15.7 Å². The molecule has 0 radical (unpaired) electrons. The maximum atomic E-state index is 12.1. The fraction of sp³-hybridized carbons (Fsp3) is 0.176. The summed E-state index contributed by atoms with van der Waals surface area (Å²) in [6.45, 7) is 1.07. The van der Waals surface area contributed by atoms with Gasteiger partial charge in [0, 0.05) is 5.02 Å². The van der Waals surface area contributed by atoms with Gasteiger partial charge in [-0.3, -0.25) is 4.79 Å². The number of para-hydroxylation sites is 1. The van der Waals surface area contributed by atoms with E-state index in [0.717, 1.165) is 0 Å². The Bertz CT molecular complexity index is 762. The van der Waals surface area contributed by atoms with Gasteiger partial charge in [0.25, 0.3) is 5.91 Å². The van der Waals surface area contributed by atoms with Crippen LogP contribution in [-0.4, -0.2) is 24.6 Å². The van der Waals surface area contributed by atoms with Gasteiger partial charge in [-0.1, -0.05) is 46.9 Å². The van der Waals surface area contributed by atoms with E-state index in [0.29, 0.717) is 10.8 Å². The highest BCUT2D eigenvalue weighted by Gasteiger charge is 2.20. The molecule has 0 bridgehead atoms. The highest BCUT2D eigenvalue weighted by Crippen LogP contribution is 2.29. The number of amides is 1. The number of carbonyl (C=O) groups is 2. The van der Waals surface area contributed by atoms with Crippen molar-refractivity contribution in [3.8, 4) is 5.75 Å². The zero-order chi connectivity index (χ0) is 18.4. The Hall–Kier alpha value is -1.95. The van der Waals surface area contributed by atoms with Gasteiger partial charge in [0.15, 0.2) is 12.7 Å². The molecule has 0 aliphatic rings. The predicted molar refractivity (Wildman–Crippen MR) is 97.6 cm³/mol. The molecule has 2 aromatic rings. The van der Waals surface area contributed by atoms with Crippen molar-refractivity contribution in [1.29, 1.82) is 0 Å². The van der Waals surface area contributed by atoms with Crippen molar-refractivity contribution in [2.24, 2.45) is 0 Å². The molecule has 1 amide bonds. The molecular weight excluding hydrogens is 389 g/mol. The van der Waals surface area contributed by atoms with Crippen LogP contribution in [0.4, 0.5) is 5.69 Å². The van der Waals surface area contributed by atoms with Crippen molar-refractivity contribution in [1.82, 2.24) is 0 Å². The largest absolute Gasteiger partial charge is 0.482 e. The normalized spacial score (nSPS) is 11.5. The standard InChI is InChI=1S/C17H14Cl3NO4/c1-10(17(23)21-16-13(19)6-3-7-14(16)20)25-15(22)9-24-12-5-2-4-11(18)8-12/h2-8,10H,9H2,1H3,(H,21,23)/t10-/m0/s1. The highest BCUT2D eigenvalue weighted by atomic mass is 35.5. The van der Waals surface area contributed by atoms with Crippen molar-refractivity contribution in [3.05, 3.63) is 57.5 Å². The maximum Gasteiger partial charge on any atom is 0.344 e. The van der Waals surface area contributed by atoms with Crippen LogP contribution in [-0.2, 0) is 14.3 Å². The number of hydrogen-bond acceptors (Lipinski definition) is 4. The molecule has 0 heterocycles. The summed E-state index contributed by atoms with van der Waals surface area (Å²) >= 11 is 17.8. The van der Waals surface area contributed by atoms with Crippen molar-refractivity contribution in [2.45, 2.75) is 13.0 Å². The Balaban J connectivity index is 1.87. The number of hydrogen-bond donors (Lipinski definition) is 1. The molecule has 0 aromatic heterocycles. The van der Waals surface area contributed by atoms with Crippen LogP contribution in [0.5, 0.6) is 5.75 Å². The van der Waals surface area contributed by atoms with Crippen LogP contribution in [0, 0.1) is 0 Å². The minimum absolute atomic E-state index is 0.258. The lowest BCUT2D eigenvalue weighted by Gasteiger charge is -2.15. The van der Waals surface area contributed by atoms with Crippen LogP contribution >= 0.6 is 34.8 Å². The topological polar surface area (TPSA) is 64.6 Å². The van der Waals surface area contributed by atoms with Gasteiger partial charge < -0.3 is 14.8 Å². The molecule has 0 aliphatic heterocycles. The average molecular weight is 403 g/mol. The summed E-state index contributed by atoms with van der Waals surface area (Å²) in [5, 5.41) is 3.57. The smallest absolute Gasteiger partial charge is 0.344 e. The fourth-order valence-corrected chi connectivity index (χ4v) is 2.50. The minimum Gasteiger partial charge on any atom is -0.482 e. The molecular formula is C17H14Cl3NO4. The molecule has 1 atom stereocenters. The molecule has 0 spiro atoms. The molecule has 5 nitrogen and oxygen atoms in total. The van der Waals surface area contributed by atoms with E-state index in [1.165, 1.54) is 6.92 Å². The number of carbonyl (C=O) groups excluding carboxylic acids is 2. The quantitative estimate of drug-likeness (QED) is 0.717. The first-order valence-electron chi connectivity index (χ1n) is 7.19. The van der Waals surface area contributed by atoms with E-state index in [9.17, 15) is 9.59 Å². The molecule has 132 valence electrons. The average Bonchev–Trinajstić information content (AvgIpc) is 2.56. The Labute approximate surface area is 159 Å². The molecule has 1 N–H and O–H groups in total. The van der Waals surface area contributed by atoms with Crippen molar-refractivity contribution in [2.75, 3.05) is 11.9 Å². The van der Waals surface area contributed by atoms with Gasteiger partial charge in [0.1, 0.15) is 5.75 Å². The lowest BCUT2D eigenvalue weighted by molar-refractivity contribution is -0.155. The van der Waals surface area contributed by atoms with E-state index < -0.39 is 18.0 Å². The van der Waals surface area contributed by atoms with E-state index in [1.807, 2.05) is 0 Å². The molecule has 0 fully saturated rings. The summed E-state index contributed by atoms with van der Waals surface area (Å²) < 4.78 is 10.3. The summed E-state index contributed by atoms with van der Waals surface area (Å²) in [6.07, 6.45) is -1.05. The summed E-state index contributed by atoms with van der Waals surface area (Å²) in [6, 6.07) is 11.4. The van der Waals surface area contributed by atoms with E-state index >= 15 is 0 Å². The third kappa shape index (κ3) is 5.81. The van der Waals surface area contributed by atoms with Crippen LogP contribution in [0.15, 0.2) is 42.5 Å². The van der Waals surface area contributed by atoms with Crippen molar-refractivity contribution >= 4 is 52.4 Å². The number of esters is 1. The van der Waals surface area contributed by atoms with E-state index in [1.54, 1.807) is 42.5 Å². The molecule has 0 saturated heterocycles. The Morgan fingerprint density at radius 3 is 2.36 bits per heavy atom. The maximum absolute atomic E-state index is 12.1. The first kappa shape index (κ1) is 19.4. The molecule has 0 unspecified atom stereocenters. The zero-order valence-electron chi connectivity index (χ0n) is 13.1. The summed E-state index contributed by atoms with van der Waals surface area (Å²) in [7, 11) is 0. The Morgan fingerprint density at radius 1 is 1.08 bits per heavy atom. The molecule has 2 aromatic carbocycles. The molecule has 0 saturated carbocycles. The van der Waals surface area contributed by atoms with E-state index in [2.05, 4.69) is 5.32 Å². The molecule has 2 rings (SSSR count). The number of nitrogens with one attached hydrogen (secondary N) is 1.